The molecule has 0 atom stereocenters. The van der Waals surface area contributed by atoms with Crippen molar-refractivity contribution < 1.29 is 9.47 Å². The first-order valence-corrected chi connectivity index (χ1v) is 9.82. The van der Waals surface area contributed by atoms with E-state index >= 15 is 0 Å². The summed E-state index contributed by atoms with van der Waals surface area (Å²) in [7, 11) is 0. The molecule has 0 aromatic heterocycles. The van der Waals surface area contributed by atoms with Crippen LogP contribution in [0.1, 0.15) is 91.5 Å². The molecular formula is C24H36O2. The van der Waals surface area contributed by atoms with Crippen LogP contribution in [0.25, 0.3) is 5.57 Å². The van der Waals surface area contributed by atoms with E-state index in [1.54, 1.807) is 0 Å². The van der Waals surface area contributed by atoms with Gasteiger partial charge in [0.2, 0.25) is 0 Å². The lowest BCUT2D eigenvalue weighted by Crippen LogP contribution is -2.58. The molecule has 0 amide bonds. The highest BCUT2D eigenvalue weighted by Gasteiger charge is 2.56. The first-order valence-electron chi connectivity index (χ1n) is 9.82. The molecule has 26 heavy (non-hydrogen) atoms. The Bertz CT molecular complexity index is 833. The second kappa shape index (κ2) is 5.09. The van der Waals surface area contributed by atoms with Crippen molar-refractivity contribution in [2.45, 2.75) is 99.7 Å². The van der Waals surface area contributed by atoms with Gasteiger partial charge in [-0.2, -0.15) is 0 Å². The first kappa shape index (κ1) is 19.3. The van der Waals surface area contributed by atoms with Crippen LogP contribution in [0.2, 0.25) is 0 Å². The molecule has 2 aliphatic rings. The van der Waals surface area contributed by atoms with Crippen molar-refractivity contribution in [2.75, 3.05) is 0 Å². The fourth-order valence-electron chi connectivity index (χ4n) is 4.69. The average molecular weight is 357 g/mol. The van der Waals surface area contributed by atoms with Crippen LogP contribution in [-0.4, -0.2) is 11.2 Å². The number of rotatable bonds is 0. The lowest BCUT2D eigenvalue weighted by Gasteiger charge is -2.57. The summed E-state index contributed by atoms with van der Waals surface area (Å²) in [4.78, 5) is 0. The van der Waals surface area contributed by atoms with E-state index in [4.69, 9.17) is 9.47 Å². The van der Waals surface area contributed by atoms with Crippen molar-refractivity contribution in [3.05, 3.63) is 27.8 Å². The monoisotopic (exact) mass is 356 g/mol. The first-order chi connectivity index (χ1) is 11.6. The second-order valence-electron chi connectivity index (χ2n) is 10.4. The van der Waals surface area contributed by atoms with Crippen LogP contribution in [0.5, 0.6) is 11.5 Å². The van der Waals surface area contributed by atoms with E-state index < -0.39 is 0 Å². The van der Waals surface area contributed by atoms with Gasteiger partial charge in [0.15, 0.2) is 0 Å². The van der Waals surface area contributed by atoms with E-state index in [9.17, 15) is 0 Å². The highest BCUT2D eigenvalue weighted by molar-refractivity contribution is 5.83. The number of fused-ring (bicyclic) bond motifs is 3. The summed E-state index contributed by atoms with van der Waals surface area (Å²) in [6.45, 7) is 27.0. The Hall–Kier alpha value is -1.44. The Balaban J connectivity index is 2.48. The van der Waals surface area contributed by atoms with Gasteiger partial charge in [-0.15, -0.1) is 0 Å². The molecule has 0 fully saturated rings. The molecule has 3 rings (SSSR count). The van der Waals surface area contributed by atoms with Crippen LogP contribution in [0.3, 0.4) is 0 Å². The SMILES string of the molecule is CC1=C(C)C(C)(C)Oc2c(C)c(C)c3c(c21)OC(C)(C)C(C)(C)C3(C)C. The van der Waals surface area contributed by atoms with Crippen molar-refractivity contribution in [2.24, 2.45) is 5.41 Å². The van der Waals surface area contributed by atoms with Crippen LogP contribution in [-0.2, 0) is 5.41 Å². The van der Waals surface area contributed by atoms with Crippen LogP contribution in [0.15, 0.2) is 5.57 Å². The van der Waals surface area contributed by atoms with Crippen LogP contribution >= 0.6 is 0 Å². The highest BCUT2D eigenvalue weighted by Crippen LogP contribution is 2.61. The molecule has 0 unspecified atom stereocenters. The number of ether oxygens (including phenoxy) is 2. The van der Waals surface area contributed by atoms with Crippen LogP contribution < -0.4 is 9.47 Å². The summed E-state index contributed by atoms with van der Waals surface area (Å²) < 4.78 is 13.3. The molecular weight excluding hydrogens is 320 g/mol. The van der Waals surface area contributed by atoms with E-state index in [0.29, 0.717) is 0 Å². The van der Waals surface area contributed by atoms with Gasteiger partial charge in [-0.05, 0) is 77.7 Å². The third-order valence-electron chi connectivity index (χ3n) is 8.21. The zero-order valence-electron chi connectivity index (χ0n) is 18.8. The number of benzene rings is 1. The molecule has 0 N–H and O–H groups in total. The Morgan fingerprint density at radius 3 is 1.73 bits per heavy atom. The van der Waals surface area contributed by atoms with Gasteiger partial charge in [-0.1, -0.05) is 27.7 Å². The van der Waals surface area contributed by atoms with Crippen LogP contribution in [0.4, 0.5) is 0 Å². The van der Waals surface area contributed by atoms with Crippen LogP contribution in [0, 0.1) is 19.3 Å². The van der Waals surface area contributed by atoms with Crippen molar-refractivity contribution in [3.8, 4) is 11.5 Å². The fraction of sp³-hybridized carbons (Fsp3) is 0.667. The minimum absolute atomic E-state index is 0.0140. The fourth-order valence-corrected chi connectivity index (χ4v) is 4.69. The van der Waals surface area contributed by atoms with Crippen molar-refractivity contribution in [1.29, 1.82) is 0 Å². The molecule has 2 nitrogen and oxygen atoms in total. The van der Waals surface area contributed by atoms with Gasteiger partial charge in [0, 0.05) is 16.4 Å². The Kier molecular flexibility index (Phi) is 3.78. The van der Waals surface area contributed by atoms with Gasteiger partial charge in [-0.25, -0.2) is 0 Å². The van der Waals surface area contributed by atoms with E-state index in [0.717, 1.165) is 17.1 Å². The molecule has 0 aliphatic carbocycles. The lowest BCUT2D eigenvalue weighted by molar-refractivity contribution is -0.0751. The molecule has 1 aromatic rings. The Morgan fingerprint density at radius 2 is 1.19 bits per heavy atom. The largest absolute Gasteiger partial charge is 0.486 e. The summed E-state index contributed by atoms with van der Waals surface area (Å²) in [6, 6.07) is 0. The quantitative estimate of drug-likeness (QED) is 0.512. The zero-order valence-corrected chi connectivity index (χ0v) is 18.8. The highest BCUT2D eigenvalue weighted by atomic mass is 16.5. The topological polar surface area (TPSA) is 18.5 Å². The maximum absolute atomic E-state index is 6.78. The Morgan fingerprint density at radius 1 is 0.654 bits per heavy atom. The maximum atomic E-state index is 6.78. The van der Waals surface area contributed by atoms with E-state index in [2.05, 4.69) is 83.1 Å². The summed E-state index contributed by atoms with van der Waals surface area (Å²) in [6.07, 6.45) is 0. The summed E-state index contributed by atoms with van der Waals surface area (Å²) in [5.41, 5.74) is 7.02. The molecule has 0 saturated heterocycles. The summed E-state index contributed by atoms with van der Waals surface area (Å²) in [5.74, 6) is 2.03. The van der Waals surface area contributed by atoms with Crippen molar-refractivity contribution in [1.82, 2.24) is 0 Å². The molecule has 0 radical (unpaired) electrons. The summed E-state index contributed by atoms with van der Waals surface area (Å²) in [5, 5.41) is 0. The molecule has 2 heteroatoms. The second-order valence-corrected chi connectivity index (χ2v) is 10.4. The average Bonchev–Trinajstić information content (AvgIpc) is 2.48. The lowest BCUT2D eigenvalue weighted by atomic mass is 9.54. The maximum Gasteiger partial charge on any atom is 0.135 e. The number of hydrogen-bond acceptors (Lipinski definition) is 2. The van der Waals surface area contributed by atoms with E-state index in [1.165, 1.54) is 27.8 Å². The molecule has 2 heterocycles. The van der Waals surface area contributed by atoms with Gasteiger partial charge >= 0.3 is 0 Å². The minimum atomic E-state index is -0.290. The zero-order chi connectivity index (χ0) is 20.0. The molecule has 0 saturated carbocycles. The van der Waals surface area contributed by atoms with E-state index in [-0.39, 0.29) is 22.0 Å². The van der Waals surface area contributed by atoms with E-state index in [1.807, 2.05) is 0 Å². The molecule has 2 aliphatic heterocycles. The van der Waals surface area contributed by atoms with Gasteiger partial charge < -0.3 is 9.47 Å². The molecule has 144 valence electrons. The molecule has 1 aromatic carbocycles. The number of hydrogen-bond donors (Lipinski definition) is 0. The van der Waals surface area contributed by atoms with Gasteiger partial charge in [0.25, 0.3) is 0 Å². The third-order valence-corrected chi connectivity index (χ3v) is 8.21. The molecule has 0 spiro atoms. The minimum Gasteiger partial charge on any atom is -0.486 e. The third kappa shape index (κ3) is 2.11. The van der Waals surface area contributed by atoms with Crippen molar-refractivity contribution in [3.63, 3.8) is 0 Å². The predicted octanol–water partition coefficient (Wildman–Crippen LogP) is 6.74. The predicted molar refractivity (Wildman–Crippen MR) is 110 cm³/mol. The van der Waals surface area contributed by atoms with Crippen molar-refractivity contribution >= 4 is 5.57 Å². The Labute approximate surface area is 160 Å². The van der Waals surface area contributed by atoms with Gasteiger partial charge in [0.1, 0.15) is 22.7 Å². The van der Waals surface area contributed by atoms with Gasteiger partial charge in [-0.3, -0.25) is 0 Å². The van der Waals surface area contributed by atoms with Gasteiger partial charge in [0.05, 0.1) is 5.56 Å². The summed E-state index contributed by atoms with van der Waals surface area (Å²) >= 11 is 0. The normalized spacial score (nSPS) is 24.3. The smallest absolute Gasteiger partial charge is 0.135 e. The standard InChI is InChI=1S/C24H36O2/c1-13-14(2)19-17(15(3)16(4)22(7,8)25-19)20-18(13)21(5,6)23(9,10)24(11,12)26-20/h1-12H3. The molecule has 0 bridgehead atoms. The number of allylic oxidation sites excluding steroid dienone is 1.